The molecule has 90 valence electrons. The monoisotopic (exact) mass is 231 g/mol. The van der Waals surface area contributed by atoms with Crippen molar-refractivity contribution in [1.29, 1.82) is 0 Å². The molecule has 0 aromatic carbocycles. The zero-order valence-corrected chi connectivity index (χ0v) is 10.4. The van der Waals surface area contributed by atoms with Gasteiger partial charge in [0.1, 0.15) is 11.5 Å². The van der Waals surface area contributed by atoms with Crippen LogP contribution in [0.25, 0.3) is 11.5 Å². The van der Waals surface area contributed by atoms with Gasteiger partial charge in [-0.05, 0) is 26.3 Å². The molecule has 0 saturated carbocycles. The Morgan fingerprint density at radius 3 is 2.71 bits per heavy atom. The lowest BCUT2D eigenvalue weighted by Crippen LogP contribution is -2.07. The molecular formula is C12H17N5. The summed E-state index contributed by atoms with van der Waals surface area (Å²) in [6, 6.07) is 1.91. The van der Waals surface area contributed by atoms with Crippen molar-refractivity contribution >= 4 is 5.82 Å². The lowest BCUT2D eigenvalue weighted by Gasteiger charge is -2.09. The summed E-state index contributed by atoms with van der Waals surface area (Å²) in [4.78, 5) is 8.89. The van der Waals surface area contributed by atoms with E-state index in [1.54, 1.807) is 6.20 Å². The summed E-state index contributed by atoms with van der Waals surface area (Å²) in [5.74, 6) is 1.21. The lowest BCUT2D eigenvalue weighted by atomic mass is 10.2. The van der Waals surface area contributed by atoms with E-state index in [-0.39, 0.29) is 0 Å². The maximum absolute atomic E-state index is 5.91. The van der Waals surface area contributed by atoms with E-state index >= 15 is 0 Å². The number of hydrogen-bond donors (Lipinski definition) is 1. The van der Waals surface area contributed by atoms with Crippen LogP contribution < -0.4 is 5.73 Å². The number of hydrogen-bond acceptors (Lipinski definition) is 4. The Labute approximate surface area is 101 Å². The molecule has 17 heavy (non-hydrogen) atoms. The Hall–Kier alpha value is -1.91. The van der Waals surface area contributed by atoms with Gasteiger partial charge in [-0.1, -0.05) is 6.92 Å². The minimum absolute atomic E-state index is 0.552. The van der Waals surface area contributed by atoms with Gasteiger partial charge in [0.25, 0.3) is 0 Å². The third-order valence-corrected chi connectivity index (χ3v) is 2.86. The van der Waals surface area contributed by atoms with Crippen LogP contribution in [-0.4, -0.2) is 19.7 Å². The first-order valence-corrected chi connectivity index (χ1v) is 5.82. The predicted molar refractivity (Wildman–Crippen MR) is 67.5 cm³/mol. The Morgan fingerprint density at radius 2 is 2.06 bits per heavy atom. The largest absolute Gasteiger partial charge is 0.383 e. The Bertz CT molecular complexity index is 530. The molecule has 0 aliphatic carbocycles. The SMILES string of the molecule is CCc1nc(-c2ccnn2CC)nc(N)c1C. The molecule has 0 fully saturated rings. The quantitative estimate of drug-likeness (QED) is 0.874. The maximum Gasteiger partial charge on any atom is 0.180 e. The standard InChI is InChI=1S/C12H17N5/c1-4-9-8(3)11(13)16-12(15-9)10-6-7-14-17(10)5-2/h6-7H,4-5H2,1-3H3,(H2,13,15,16). The number of nitrogens with zero attached hydrogens (tertiary/aromatic N) is 4. The van der Waals surface area contributed by atoms with E-state index in [2.05, 4.69) is 22.0 Å². The minimum Gasteiger partial charge on any atom is -0.383 e. The molecule has 0 spiro atoms. The molecule has 2 aromatic rings. The van der Waals surface area contributed by atoms with Crippen LogP contribution in [-0.2, 0) is 13.0 Å². The second-order valence-electron chi connectivity index (χ2n) is 3.89. The minimum atomic E-state index is 0.552. The molecule has 0 unspecified atom stereocenters. The number of anilines is 1. The van der Waals surface area contributed by atoms with Crippen LogP contribution in [0.1, 0.15) is 25.1 Å². The van der Waals surface area contributed by atoms with Gasteiger partial charge in [-0.25, -0.2) is 9.97 Å². The normalized spacial score (nSPS) is 10.8. The van der Waals surface area contributed by atoms with Crippen molar-refractivity contribution in [2.45, 2.75) is 33.7 Å². The number of rotatable bonds is 3. The number of nitrogens with two attached hydrogens (primary N) is 1. The Kier molecular flexibility index (Phi) is 3.08. The highest BCUT2D eigenvalue weighted by Gasteiger charge is 2.12. The van der Waals surface area contributed by atoms with Crippen molar-refractivity contribution in [1.82, 2.24) is 19.7 Å². The molecular weight excluding hydrogens is 214 g/mol. The van der Waals surface area contributed by atoms with Gasteiger partial charge in [-0.15, -0.1) is 0 Å². The molecule has 2 rings (SSSR count). The van der Waals surface area contributed by atoms with E-state index in [4.69, 9.17) is 5.73 Å². The highest BCUT2D eigenvalue weighted by atomic mass is 15.3. The van der Waals surface area contributed by atoms with Gasteiger partial charge in [-0.3, -0.25) is 4.68 Å². The second kappa shape index (κ2) is 4.53. The summed E-state index contributed by atoms with van der Waals surface area (Å²) >= 11 is 0. The molecule has 0 amide bonds. The van der Waals surface area contributed by atoms with Crippen molar-refractivity contribution in [3.8, 4) is 11.5 Å². The van der Waals surface area contributed by atoms with Gasteiger partial charge < -0.3 is 5.73 Å². The van der Waals surface area contributed by atoms with E-state index in [1.165, 1.54) is 0 Å². The summed E-state index contributed by atoms with van der Waals surface area (Å²) in [6.07, 6.45) is 2.61. The second-order valence-corrected chi connectivity index (χ2v) is 3.89. The van der Waals surface area contributed by atoms with Gasteiger partial charge in [-0.2, -0.15) is 5.10 Å². The van der Waals surface area contributed by atoms with Crippen LogP contribution in [0.4, 0.5) is 5.82 Å². The van der Waals surface area contributed by atoms with Gasteiger partial charge in [0.15, 0.2) is 5.82 Å². The third-order valence-electron chi connectivity index (χ3n) is 2.86. The topological polar surface area (TPSA) is 69.6 Å². The maximum atomic E-state index is 5.91. The zero-order valence-electron chi connectivity index (χ0n) is 10.4. The predicted octanol–water partition coefficient (Wildman–Crippen LogP) is 1.81. The highest BCUT2D eigenvalue weighted by Crippen LogP contribution is 2.20. The summed E-state index contributed by atoms with van der Waals surface area (Å²) < 4.78 is 1.86. The molecule has 0 atom stereocenters. The first-order chi connectivity index (χ1) is 8.17. The molecule has 2 N–H and O–H groups in total. The fourth-order valence-corrected chi connectivity index (χ4v) is 1.82. The third kappa shape index (κ3) is 2.00. The van der Waals surface area contributed by atoms with Gasteiger partial charge in [0.2, 0.25) is 0 Å². The van der Waals surface area contributed by atoms with Crippen molar-refractivity contribution in [2.24, 2.45) is 0 Å². The van der Waals surface area contributed by atoms with Crippen molar-refractivity contribution in [3.63, 3.8) is 0 Å². The van der Waals surface area contributed by atoms with Gasteiger partial charge in [0.05, 0.1) is 0 Å². The molecule has 0 radical (unpaired) electrons. The summed E-state index contributed by atoms with van der Waals surface area (Å²) in [5.41, 5.74) is 8.79. The van der Waals surface area contributed by atoms with Crippen LogP contribution in [0.15, 0.2) is 12.3 Å². The molecule has 0 aliphatic rings. The fourth-order valence-electron chi connectivity index (χ4n) is 1.82. The summed E-state index contributed by atoms with van der Waals surface area (Å²) in [6.45, 7) is 6.85. The zero-order chi connectivity index (χ0) is 12.4. The van der Waals surface area contributed by atoms with Crippen molar-refractivity contribution < 1.29 is 0 Å². The molecule has 2 heterocycles. The Balaban J connectivity index is 2.57. The van der Waals surface area contributed by atoms with Crippen LogP contribution in [0.2, 0.25) is 0 Å². The van der Waals surface area contributed by atoms with E-state index in [1.807, 2.05) is 24.6 Å². The van der Waals surface area contributed by atoms with Gasteiger partial charge in [0, 0.05) is 24.0 Å². The summed E-state index contributed by atoms with van der Waals surface area (Å²) in [5, 5.41) is 4.21. The lowest BCUT2D eigenvalue weighted by molar-refractivity contribution is 0.663. The first-order valence-electron chi connectivity index (χ1n) is 5.82. The Morgan fingerprint density at radius 1 is 1.29 bits per heavy atom. The van der Waals surface area contributed by atoms with E-state index < -0.39 is 0 Å². The van der Waals surface area contributed by atoms with Gasteiger partial charge >= 0.3 is 0 Å². The average Bonchev–Trinajstić information content (AvgIpc) is 2.80. The number of aromatic nitrogens is 4. The first kappa shape index (κ1) is 11.6. The van der Waals surface area contributed by atoms with E-state index in [0.717, 1.165) is 29.9 Å². The molecule has 0 bridgehead atoms. The molecule has 5 nitrogen and oxygen atoms in total. The molecule has 0 aliphatic heterocycles. The molecule has 5 heteroatoms. The average molecular weight is 231 g/mol. The molecule has 2 aromatic heterocycles. The fraction of sp³-hybridized carbons (Fsp3) is 0.417. The van der Waals surface area contributed by atoms with Crippen molar-refractivity contribution in [2.75, 3.05) is 5.73 Å². The van der Waals surface area contributed by atoms with Crippen LogP contribution >= 0.6 is 0 Å². The van der Waals surface area contributed by atoms with Crippen LogP contribution in [0.5, 0.6) is 0 Å². The summed E-state index contributed by atoms with van der Waals surface area (Å²) in [7, 11) is 0. The highest BCUT2D eigenvalue weighted by molar-refractivity contribution is 5.54. The molecule has 0 saturated heterocycles. The van der Waals surface area contributed by atoms with Crippen molar-refractivity contribution in [3.05, 3.63) is 23.5 Å². The van der Waals surface area contributed by atoms with Crippen LogP contribution in [0.3, 0.4) is 0 Å². The van der Waals surface area contributed by atoms with E-state index in [9.17, 15) is 0 Å². The van der Waals surface area contributed by atoms with Crippen LogP contribution in [0, 0.1) is 6.92 Å². The smallest absolute Gasteiger partial charge is 0.180 e. The number of nitrogen functional groups attached to an aromatic ring is 1. The van der Waals surface area contributed by atoms with E-state index in [0.29, 0.717) is 11.6 Å². The number of aryl methyl sites for hydroxylation is 2.